The van der Waals surface area contributed by atoms with Crippen molar-refractivity contribution in [1.82, 2.24) is 34.1 Å². The third-order valence-electron chi connectivity index (χ3n) is 6.92. The van der Waals surface area contributed by atoms with E-state index in [0.29, 0.717) is 25.3 Å². The van der Waals surface area contributed by atoms with Crippen molar-refractivity contribution in [2.24, 2.45) is 7.05 Å². The zero-order valence-corrected chi connectivity index (χ0v) is 19.6. The van der Waals surface area contributed by atoms with Gasteiger partial charge in [-0.05, 0) is 25.0 Å². The predicted molar refractivity (Wildman–Crippen MR) is 126 cm³/mol. The van der Waals surface area contributed by atoms with E-state index in [1.54, 1.807) is 23.3 Å². The fourth-order valence-corrected chi connectivity index (χ4v) is 5.01. The molecule has 0 aliphatic carbocycles. The summed E-state index contributed by atoms with van der Waals surface area (Å²) in [6.07, 6.45) is 7.10. The molecule has 0 aromatic carbocycles. The van der Waals surface area contributed by atoms with Gasteiger partial charge in [-0.25, -0.2) is 14.8 Å². The smallest absolute Gasteiger partial charge is 0.354 e. The number of aryl methyl sites for hydroxylation is 1. The lowest BCUT2D eigenvalue weighted by molar-refractivity contribution is -0.133. The summed E-state index contributed by atoms with van der Waals surface area (Å²) < 4.78 is 8.65. The topological polar surface area (TPSA) is 102 Å². The zero-order valence-electron chi connectivity index (χ0n) is 19.6. The van der Waals surface area contributed by atoms with Crippen LogP contribution in [0.15, 0.2) is 30.9 Å². The second-order valence-corrected chi connectivity index (χ2v) is 8.87. The Balaban J connectivity index is 1.13. The highest BCUT2D eigenvalue weighted by molar-refractivity contribution is 5.88. The lowest BCUT2D eigenvalue weighted by Gasteiger charge is -2.38. The molecular weight excluding hydrogens is 436 g/mol. The summed E-state index contributed by atoms with van der Waals surface area (Å²) in [5, 5.41) is 5.23. The molecule has 5 heterocycles. The van der Waals surface area contributed by atoms with Crippen molar-refractivity contribution in [2.75, 3.05) is 57.8 Å². The molecule has 34 heavy (non-hydrogen) atoms. The van der Waals surface area contributed by atoms with E-state index >= 15 is 0 Å². The van der Waals surface area contributed by atoms with Gasteiger partial charge in [-0.2, -0.15) is 5.10 Å². The van der Waals surface area contributed by atoms with Gasteiger partial charge in [-0.3, -0.25) is 14.4 Å². The number of anilines is 1. The Morgan fingerprint density at radius 2 is 1.85 bits per heavy atom. The summed E-state index contributed by atoms with van der Waals surface area (Å²) in [7, 11) is 3.27. The number of amides is 1. The van der Waals surface area contributed by atoms with Crippen LogP contribution < -0.4 is 4.90 Å². The number of likely N-dealkylation sites (tertiary alicyclic amines) is 1. The maximum Gasteiger partial charge on any atom is 0.354 e. The van der Waals surface area contributed by atoms with E-state index in [1.807, 2.05) is 28.8 Å². The quantitative estimate of drug-likeness (QED) is 0.512. The van der Waals surface area contributed by atoms with Crippen LogP contribution in [0.2, 0.25) is 0 Å². The minimum absolute atomic E-state index is 0.170. The Kier molecular flexibility index (Phi) is 6.18. The average Bonchev–Trinajstić information content (AvgIpc) is 3.51. The van der Waals surface area contributed by atoms with E-state index in [0.717, 1.165) is 55.9 Å². The minimum atomic E-state index is -0.312. The number of piperazine rings is 1. The standard InChI is InChI=1S/C23H30N8O3/c1-27-21-18(14-26-27)22(25-16-24-21)30-12-10-29(11-13-30)20(32)15-28-8-5-17(6-9-28)31-7-3-4-19(31)23(33)34-2/h3-4,7,14,16-17H,5-6,8-13,15H2,1-2H3. The van der Waals surface area contributed by atoms with Crippen LogP contribution >= 0.6 is 0 Å². The van der Waals surface area contributed by atoms with Gasteiger partial charge in [-0.1, -0.05) is 0 Å². The van der Waals surface area contributed by atoms with Crippen molar-refractivity contribution in [1.29, 1.82) is 0 Å². The summed E-state index contributed by atoms with van der Waals surface area (Å²) in [6.45, 7) is 4.91. The summed E-state index contributed by atoms with van der Waals surface area (Å²) >= 11 is 0. The van der Waals surface area contributed by atoms with Gasteiger partial charge in [0.25, 0.3) is 0 Å². The molecule has 0 unspecified atom stereocenters. The maximum absolute atomic E-state index is 13.0. The van der Waals surface area contributed by atoms with Gasteiger partial charge in [0.2, 0.25) is 5.91 Å². The fraction of sp³-hybridized carbons (Fsp3) is 0.522. The van der Waals surface area contributed by atoms with Crippen LogP contribution in [0.4, 0.5) is 5.82 Å². The number of nitrogens with zero attached hydrogens (tertiary/aromatic N) is 8. The molecule has 0 N–H and O–H groups in total. The third-order valence-corrected chi connectivity index (χ3v) is 6.92. The molecule has 0 radical (unpaired) electrons. The molecule has 2 aliphatic heterocycles. The number of carbonyl (C=O) groups is 2. The Labute approximate surface area is 197 Å². The van der Waals surface area contributed by atoms with Gasteiger partial charge < -0.3 is 19.1 Å². The second kappa shape index (κ2) is 9.41. The lowest BCUT2D eigenvalue weighted by Crippen LogP contribution is -2.52. The second-order valence-electron chi connectivity index (χ2n) is 8.87. The molecule has 11 heteroatoms. The molecule has 2 fully saturated rings. The first-order valence-electron chi connectivity index (χ1n) is 11.7. The third kappa shape index (κ3) is 4.23. The van der Waals surface area contributed by atoms with Gasteiger partial charge in [-0.15, -0.1) is 0 Å². The molecule has 0 saturated carbocycles. The number of fused-ring (bicyclic) bond motifs is 1. The summed E-state index contributed by atoms with van der Waals surface area (Å²) in [5.74, 6) is 0.736. The monoisotopic (exact) mass is 466 g/mol. The van der Waals surface area contributed by atoms with Gasteiger partial charge in [0, 0.05) is 58.6 Å². The maximum atomic E-state index is 13.0. The lowest BCUT2D eigenvalue weighted by atomic mass is 10.0. The van der Waals surface area contributed by atoms with Gasteiger partial charge >= 0.3 is 5.97 Å². The average molecular weight is 467 g/mol. The zero-order chi connectivity index (χ0) is 23.7. The fourth-order valence-electron chi connectivity index (χ4n) is 5.01. The molecule has 1 amide bonds. The van der Waals surface area contributed by atoms with Gasteiger partial charge in [0.1, 0.15) is 17.8 Å². The Morgan fingerprint density at radius 1 is 1.09 bits per heavy atom. The summed E-state index contributed by atoms with van der Waals surface area (Å²) in [6, 6.07) is 3.92. The highest BCUT2D eigenvalue weighted by Gasteiger charge is 2.28. The van der Waals surface area contributed by atoms with Crippen molar-refractivity contribution < 1.29 is 14.3 Å². The number of hydrogen-bond donors (Lipinski definition) is 0. The normalized spacial score (nSPS) is 17.9. The van der Waals surface area contributed by atoms with Crippen LogP contribution in [0.25, 0.3) is 11.0 Å². The van der Waals surface area contributed by atoms with Crippen LogP contribution in [-0.2, 0) is 16.6 Å². The van der Waals surface area contributed by atoms with Crippen LogP contribution in [0, 0.1) is 0 Å². The number of ether oxygens (including phenoxy) is 1. The number of hydrogen-bond acceptors (Lipinski definition) is 8. The SMILES string of the molecule is COC(=O)c1cccn1C1CCN(CC(=O)N2CCN(c3ncnc4c3cnn4C)CC2)CC1. The molecular formula is C23H30N8O3. The summed E-state index contributed by atoms with van der Waals surface area (Å²) in [4.78, 5) is 40.1. The summed E-state index contributed by atoms with van der Waals surface area (Å²) in [5.41, 5.74) is 1.40. The molecule has 3 aromatic rings. The van der Waals surface area contributed by atoms with E-state index in [4.69, 9.17) is 4.74 Å². The van der Waals surface area contributed by atoms with Gasteiger partial charge in [0.05, 0.1) is 25.2 Å². The van der Waals surface area contributed by atoms with E-state index in [2.05, 4.69) is 24.9 Å². The number of piperidine rings is 1. The van der Waals surface area contributed by atoms with Crippen molar-refractivity contribution in [3.63, 3.8) is 0 Å². The van der Waals surface area contributed by atoms with Crippen molar-refractivity contribution in [2.45, 2.75) is 18.9 Å². The first-order chi connectivity index (χ1) is 16.5. The largest absolute Gasteiger partial charge is 0.464 e. The van der Waals surface area contributed by atoms with E-state index < -0.39 is 0 Å². The molecule has 5 rings (SSSR count). The Bertz CT molecular complexity index is 1170. The van der Waals surface area contributed by atoms with Crippen molar-refractivity contribution in [3.8, 4) is 0 Å². The number of carbonyl (C=O) groups excluding carboxylic acids is 2. The highest BCUT2D eigenvalue weighted by atomic mass is 16.5. The molecule has 180 valence electrons. The molecule has 0 atom stereocenters. The molecule has 11 nitrogen and oxygen atoms in total. The molecule has 0 spiro atoms. The molecule has 3 aromatic heterocycles. The number of methoxy groups -OCH3 is 1. The highest BCUT2D eigenvalue weighted by Crippen LogP contribution is 2.26. The van der Waals surface area contributed by atoms with E-state index in [1.165, 1.54) is 7.11 Å². The minimum Gasteiger partial charge on any atom is -0.464 e. The Hall–Kier alpha value is -3.47. The van der Waals surface area contributed by atoms with Gasteiger partial charge in [0.15, 0.2) is 5.65 Å². The van der Waals surface area contributed by atoms with Crippen LogP contribution in [0.1, 0.15) is 29.4 Å². The predicted octanol–water partition coefficient (Wildman–Crippen LogP) is 0.937. The molecule has 2 saturated heterocycles. The number of esters is 1. The van der Waals surface area contributed by atoms with E-state index in [-0.39, 0.29) is 17.9 Å². The first kappa shape index (κ1) is 22.3. The Morgan fingerprint density at radius 3 is 2.59 bits per heavy atom. The van der Waals surface area contributed by atoms with Crippen LogP contribution in [0.3, 0.4) is 0 Å². The number of rotatable bonds is 5. The van der Waals surface area contributed by atoms with Crippen LogP contribution in [-0.4, -0.2) is 98.9 Å². The van der Waals surface area contributed by atoms with Crippen LogP contribution in [0.5, 0.6) is 0 Å². The molecule has 0 bridgehead atoms. The molecule has 2 aliphatic rings. The van der Waals surface area contributed by atoms with E-state index in [9.17, 15) is 9.59 Å². The van der Waals surface area contributed by atoms with Crippen molar-refractivity contribution in [3.05, 3.63) is 36.5 Å². The van der Waals surface area contributed by atoms with Crippen molar-refractivity contribution >= 4 is 28.7 Å². The number of aromatic nitrogens is 5. The first-order valence-corrected chi connectivity index (χ1v) is 11.7.